The highest BCUT2D eigenvalue weighted by Gasteiger charge is 2.26. The van der Waals surface area contributed by atoms with Crippen molar-refractivity contribution >= 4 is 5.97 Å². The summed E-state index contributed by atoms with van der Waals surface area (Å²) < 4.78 is 0. The molecule has 17 heavy (non-hydrogen) atoms. The minimum absolute atomic E-state index is 0.315. The van der Waals surface area contributed by atoms with Crippen molar-refractivity contribution in [3.63, 3.8) is 0 Å². The molecule has 0 aromatic carbocycles. The maximum atomic E-state index is 11.3. The van der Waals surface area contributed by atoms with Crippen LogP contribution in [0.5, 0.6) is 0 Å². The SMILES string of the molecule is O=C(O)C(CCc1cc[nH]c1)N1CCCCC1. The largest absolute Gasteiger partial charge is 0.480 e. The molecule has 4 nitrogen and oxygen atoms in total. The average molecular weight is 236 g/mol. The van der Waals surface area contributed by atoms with Crippen LogP contribution in [-0.4, -0.2) is 40.1 Å². The Morgan fingerprint density at radius 3 is 2.76 bits per heavy atom. The van der Waals surface area contributed by atoms with Gasteiger partial charge in [-0.3, -0.25) is 9.69 Å². The van der Waals surface area contributed by atoms with E-state index in [0.29, 0.717) is 6.42 Å². The van der Waals surface area contributed by atoms with E-state index in [-0.39, 0.29) is 6.04 Å². The van der Waals surface area contributed by atoms with E-state index in [1.54, 1.807) is 0 Å². The highest BCUT2D eigenvalue weighted by atomic mass is 16.4. The number of carboxylic acids is 1. The van der Waals surface area contributed by atoms with E-state index in [2.05, 4.69) is 9.88 Å². The molecule has 1 fully saturated rings. The van der Waals surface area contributed by atoms with Crippen molar-refractivity contribution < 1.29 is 9.90 Å². The van der Waals surface area contributed by atoms with Crippen molar-refractivity contribution in [3.05, 3.63) is 24.0 Å². The summed E-state index contributed by atoms with van der Waals surface area (Å²) in [6.45, 7) is 1.87. The van der Waals surface area contributed by atoms with Crippen LogP contribution in [0.4, 0.5) is 0 Å². The van der Waals surface area contributed by atoms with Crippen LogP contribution >= 0.6 is 0 Å². The molecule has 1 unspecified atom stereocenters. The van der Waals surface area contributed by atoms with Gasteiger partial charge in [-0.25, -0.2) is 0 Å². The Morgan fingerprint density at radius 1 is 1.41 bits per heavy atom. The van der Waals surface area contributed by atoms with Crippen LogP contribution in [0.2, 0.25) is 0 Å². The maximum absolute atomic E-state index is 11.3. The number of likely N-dealkylation sites (tertiary alicyclic amines) is 1. The Labute approximate surface area is 102 Å². The van der Waals surface area contributed by atoms with Gasteiger partial charge in [0.05, 0.1) is 0 Å². The molecule has 1 aromatic heterocycles. The molecule has 1 atom stereocenters. The third kappa shape index (κ3) is 3.33. The lowest BCUT2D eigenvalue weighted by molar-refractivity contribution is -0.144. The number of H-pyrrole nitrogens is 1. The summed E-state index contributed by atoms with van der Waals surface area (Å²) in [6, 6.07) is 1.69. The lowest BCUT2D eigenvalue weighted by Crippen LogP contribution is -2.44. The monoisotopic (exact) mass is 236 g/mol. The quantitative estimate of drug-likeness (QED) is 0.820. The molecular formula is C13H20N2O2. The van der Waals surface area contributed by atoms with Crippen LogP contribution in [0.3, 0.4) is 0 Å². The Bertz CT molecular complexity index is 342. The number of carboxylic acid groups (broad SMARTS) is 1. The zero-order valence-corrected chi connectivity index (χ0v) is 10.1. The molecule has 2 rings (SSSR count). The summed E-state index contributed by atoms with van der Waals surface area (Å²) in [5.74, 6) is -0.678. The number of carbonyl (C=O) groups is 1. The molecule has 2 N–H and O–H groups in total. The van der Waals surface area contributed by atoms with Crippen LogP contribution in [0.15, 0.2) is 18.5 Å². The molecule has 0 aliphatic carbocycles. The van der Waals surface area contributed by atoms with Gasteiger partial charge in [0.1, 0.15) is 6.04 Å². The van der Waals surface area contributed by atoms with Gasteiger partial charge in [0.2, 0.25) is 0 Å². The van der Waals surface area contributed by atoms with Crippen LogP contribution in [0.25, 0.3) is 0 Å². The lowest BCUT2D eigenvalue weighted by Gasteiger charge is -2.31. The summed E-state index contributed by atoms with van der Waals surface area (Å²) in [4.78, 5) is 16.4. The van der Waals surface area contributed by atoms with Gasteiger partial charge in [0, 0.05) is 12.4 Å². The molecule has 0 amide bonds. The molecule has 4 heteroatoms. The molecule has 0 saturated carbocycles. The van der Waals surface area contributed by atoms with E-state index in [4.69, 9.17) is 0 Å². The highest BCUT2D eigenvalue weighted by Crippen LogP contribution is 2.16. The number of hydrogen-bond donors (Lipinski definition) is 2. The minimum Gasteiger partial charge on any atom is -0.480 e. The number of hydrogen-bond acceptors (Lipinski definition) is 2. The number of nitrogens with zero attached hydrogens (tertiary/aromatic N) is 1. The van der Waals surface area contributed by atoms with Crippen molar-refractivity contribution in [3.8, 4) is 0 Å². The van der Waals surface area contributed by atoms with E-state index in [1.807, 2.05) is 18.5 Å². The second kappa shape index (κ2) is 5.87. The van der Waals surface area contributed by atoms with E-state index in [1.165, 1.54) is 12.0 Å². The first kappa shape index (κ1) is 12.2. The van der Waals surface area contributed by atoms with E-state index in [9.17, 15) is 9.90 Å². The summed E-state index contributed by atoms with van der Waals surface area (Å²) in [7, 11) is 0. The fourth-order valence-electron chi connectivity index (χ4n) is 2.51. The molecule has 1 saturated heterocycles. The third-order valence-corrected chi connectivity index (χ3v) is 3.49. The molecule has 94 valence electrons. The van der Waals surface area contributed by atoms with Gasteiger partial charge in [0.15, 0.2) is 0 Å². The van der Waals surface area contributed by atoms with Crippen LogP contribution < -0.4 is 0 Å². The van der Waals surface area contributed by atoms with Crippen molar-refractivity contribution in [2.24, 2.45) is 0 Å². The lowest BCUT2D eigenvalue weighted by atomic mass is 10.0. The molecule has 2 heterocycles. The number of aryl methyl sites for hydroxylation is 1. The fourth-order valence-corrected chi connectivity index (χ4v) is 2.51. The second-order valence-corrected chi connectivity index (χ2v) is 4.71. The van der Waals surface area contributed by atoms with Crippen LogP contribution in [0, 0.1) is 0 Å². The molecule has 0 bridgehead atoms. The predicted molar refractivity (Wildman–Crippen MR) is 66.0 cm³/mol. The molecule has 1 aliphatic heterocycles. The molecule has 0 radical (unpaired) electrons. The number of aromatic nitrogens is 1. The Morgan fingerprint density at radius 2 is 2.18 bits per heavy atom. The predicted octanol–water partition coefficient (Wildman–Crippen LogP) is 1.89. The standard InChI is InChI=1S/C13H20N2O2/c16-13(17)12(15-8-2-1-3-9-15)5-4-11-6-7-14-10-11/h6-7,10,12,14H,1-5,8-9H2,(H,16,17). The van der Waals surface area contributed by atoms with Gasteiger partial charge in [-0.2, -0.15) is 0 Å². The smallest absolute Gasteiger partial charge is 0.320 e. The van der Waals surface area contributed by atoms with E-state index >= 15 is 0 Å². The first-order valence-electron chi connectivity index (χ1n) is 6.36. The number of aromatic amines is 1. The fraction of sp³-hybridized carbons (Fsp3) is 0.615. The molecule has 0 spiro atoms. The maximum Gasteiger partial charge on any atom is 0.320 e. The normalized spacial score (nSPS) is 19.1. The molecule has 1 aliphatic rings. The van der Waals surface area contributed by atoms with E-state index < -0.39 is 5.97 Å². The summed E-state index contributed by atoms with van der Waals surface area (Å²) in [5, 5.41) is 9.30. The zero-order chi connectivity index (χ0) is 12.1. The van der Waals surface area contributed by atoms with E-state index in [0.717, 1.165) is 32.4 Å². The minimum atomic E-state index is -0.678. The average Bonchev–Trinajstić information content (AvgIpc) is 2.83. The first-order valence-corrected chi connectivity index (χ1v) is 6.36. The van der Waals surface area contributed by atoms with Crippen molar-refractivity contribution in [2.75, 3.05) is 13.1 Å². The van der Waals surface area contributed by atoms with Crippen molar-refractivity contribution in [1.82, 2.24) is 9.88 Å². The number of rotatable bonds is 5. The first-order chi connectivity index (χ1) is 8.27. The van der Waals surface area contributed by atoms with Gasteiger partial charge < -0.3 is 10.1 Å². The second-order valence-electron chi connectivity index (χ2n) is 4.71. The number of aliphatic carboxylic acids is 1. The summed E-state index contributed by atoms with van der Waals surface area (Å²) in [6.07, 6.45) is 8.85. The van der Waals surface area contributed by atoms with Crippen LogP contribution in [0.1, 0.15) is 31.2 Å². The summed E-state index contributed by atoms with van der Waals surface area (Å²) in [5.41, 5.74) is 1.19. The van der Waals surface area contributed by atoms with Gasteiger partial charge in [-0.15, -0.1) is 0 Å². The molecule has 1 aromatic rings. The Hall–Kier alpha value is -1.29. The van der Waals surface area contributed by atoms with Gasteiger partial charge in [0.25, 0.3) is 0 Å². The van der Waals surface area contributed by atoms with Gasteiger partial charge in [-0.05, 0) is 50.4 Å². The van der Waals surface area contributed by atoms with Crippen LogP contribution in [-0.2, 0) is 11.2 Å². The summed E-state index contributed by atoms with van der Waals surface area (Å²) >= 11 is 0. The van der Waals surface area contributed by atoms with Crippen molar-refractivity contribution in [2.45, 2.75) is 38.1 Å². The van der Waals surface area contributed by atoms with Gasteiger partial charge >= 0.3 is 5.97 Å². The van der Waals surface area contributed by atoms with Crippen molar-refractivity contribution in [1.29, 1.82) is 0 Å². The Balaban J connectivity index is 1.90. The molecular weight excluding hydrogens is 216 g/mol. The Kier molecular flexibility index (Phi) is 4.20. The number of nitrogens with one attached hydrogen (secondary N) is 1. The highest BCUT2D eigenvalue weighted by molar-refractivity contribution is 5.73. The van der Waals surface area contributed by atoms with Gasteiger partial charge in [-0.1, -0.05) is 6.42 Å². The topological polar surface area (TPSA) is 56.3 Å². The number of piperidine rings is 1. The third-order valence-electron chi connectivity index (χ3n) is 3.49. The zero-order valence-electron chi connectivity index (χ0n) is 10.1.